The number of hydrogen-bond donors (Lipinski definition) is 0. The number of rotatable bonds is 10. The van der Waals surface area contributed by atoms with Crippen molar-refractivity contribution >= 4 is 33.5 Å². The van der Waals surface area contributed by atoms with Crippen LogP contribution in [-0.4, -0.2) is 49.7 Å². The number of piperidine rings is 1. The summed E-state index contributed by atoms with van der Waals surface area (Å²) in [6.07, 6.45) is 9.45. The Morgan fingerprint density at radius 1 is 1.05 bits per heavy atom. The molecule has 3 atom stereocenters. The number of esters is 1. The van der Waals surface area contributed by atoms with Crippen LogP contribution in [0.15, 0.2) is 89.9 Å². The van der Waals surface area contributed by atoms with E-state index < -0.39 is 39.8 Å². The number of anilines is 1. The predicted octanol–water partition coefficient (Wildman–Crippen LogP) is 4.49. The average Bonchev–Trinajstić information content (AvgIpc) is 2.97. The normalized spacial score (nSPS) is 19.9. The van der Waals surface area contributed by atoms with Crippen LogP contribution in [0.3, 0.4) is 0 Å². The van der Waals surface area contributed by atoms with Crippen molar-refractivity contribution in [2.24, 2.45) is 11.8 Å². The zero-order chi connectivity index (χ0) is 27.8. The number of hydrogen-bond acceptors (Lipinski definition) is 6. The molecule has 1 aliphatic heterocycles. The van der Waals surface area contributed by atoms with Gasteiger partial charge in [0.05, 0.1) is 11.5 Å². The minimum atomic E-state index is -4.34. The smallest absolute Gasteiger partial charge is 0.305 e. The van der Waals surface area contributed by atoms with Gasteiger partial charge >= 0.3 is 5.97 Å². The van der Waals surface area contributed by atoms with Crippen molar-refractivity contribution in [2.45, 2.75) is 50.0 Å². The molecule has 2 aromatic carbocycles. The summed E-state index contributed by atoms with van der Waals surface area (Å²) in [7, 11) is -4.34. The molecular weight excluding hydrogens is 516 g/mol. The molecular formula is C30H34N2O6S. The van der Waals surface area contributed by atoms with Gasteiger partial charge in [0.15, 0.2) is 0 Å². The molecule has 1 fully saturated rings. The first-order chi connectivity index (χ1) is 18.8. The average molecular weight is 551 g/mol. The molecule has 0 bridgehead atoms. The Morgan fingerprint density at radius 3 is 2.41 bits per heavy atom. The third-order valence-electron chi connectivity index (χ3n) is 7.01. The largest absolute Gasteiger partial charge is 0.465 e. The number of para-hydroxylation sites is 1. The van der Waals surface area contributed by atoms with Crippen molar-refractivity contribution in [1.29, 1.82) is 0 Å². The van der Waals surface area contributed by atoms with Crippen LogP contribution in [0.2, 0.25) is 0 Å². The molecule has 1 aliphatic carbocycles. The van der Waals surface area contributed by atoms with Gasteiger partial charge in [0.1, 0.15) is 6.04 Å². The van der Waals surface area contributed by atoms with Crippen molar-refractivity contribution in [3.8, 4) is 0 Å². The highest BCUT2D eigenvalue weighted by atomic mass is 32.2. The molecule has 4 rings (SSSR count). The minimum Gasteiger partial charge on any atom is -0.465 e. The third kappa shape index (κ3) is 6.84. The Morgan fingerprint density at radius 2 is 1.74 bits per heavy atom. The number of amides is 2. The van der Waals surface area contributed by atoms with E-state index in [0.717, 1.165) is 10.7 Å². The molecule has 0 radical (unpaired) electrons. The molecule has 1 heterocycles. The van der Waals surface area contributed by atoms with Gasteiger partial charge in [0.2, 0.25) is 5.91 Å². The van der Waals surface area contributed by atoms with E-state index in [1.165, 1.54) is 17.0 Å². The molecule has 206 valence electrons. The van der Waals surface area contributed by atoms with Gasteiger partial charge in [0.25, 0.3) is 15.9 Å². The molecule has 0 spiro atoms. The van der Waals surface area contributed by atoms with E-state index in [1.54, 1.807) is 49.4 Å². The van der Waals surface area contributed by atoms with Crippen LogP contribution in [-0.2, 0) is 29.1 Å². The highest BCUT2D eigenvalue weighted by molar-refractivity contribution is 7.89. The second-order valence-corrected chi connectivity index (χ2v) is 11.7. The van der Waals surface area contributed by atoms with Crippen LogP contribution < -0.4 is 4.90 Å². The van der Waals surface area contributed by atoms with Gasteiger partial charge in [-0.3, -0.25) is 14.4 Å². The van der Waals surface area contributed by atoms with E-state index in [1.807, 2.05) is 30.4 Å². The van der Waals surface area contributed by atoms with Crippen LogP contribution >= 0.6 is 0 Å². The van der Waals surface area contributed by atoms with Crippen molar-refractivity contribution < 1.29 is 27.5 Å². The maximum Gasteiger partial charge on any atom is 0.305 e. The van der Waals surface area contributed by atoms with Gasteiger partial charge < -0.3 is 9.64 Å². The fraction of sp³-hybridized carbons (Fsp3) is 0.367. The first kappa shape index (κ1) is 28.3. The zero-order valence-electron chi connectivity index (χ0n) is 22.0. The molecule has 1 saturated heterocycles. The lowest BCUT2D eigenvalue weighted by atomic mass is 10.0. The first-order valence-corrected chi connectivity index (χ1v) is 14.7. The molecule has 2 amide bonds. The van der Waals surface area contributed by atoms with Gasteiger partial charge in [-0.25, -0.2) is 12.7 Å². The number of carbonyl (C=O) groups excluding carboxylic acids is 3. The van der Waals surface area contributed by atoms with E-state index in [9.17, 15) is 22.8 Å². The number of benzene rings is 2. The van der Waals surface area contributed by atoms with Gasteiger partial charge in [-0.2, -0.15) is 0 Å². The second-order valence-electron chi connectivity index (χ2n) is 9.87. The maximum atomic E-state index is 13.8. The lowest BCUT2D eigenvalue weighted by molar-refractivity contribution is -0.145. The summed E-state index contributed by atoms with van der Waals surface area (Å²) in [5, 5.41) is 0. The summed E-state index contributed by atoms with van der Waals surface area (Å²) in [5.74, 6) is -2.30. The van der Waals surface area contributed by atoms with Crippen molar-refractivity contribution in [2.75, 3.05) is 18.1 Å². The highest BCUT2D eigenvalue weighted by Crippen LogP contribution is 2.30. The maximum absolute atomic E-state index is 13.8. The van der Waals surface area contributed by atoms with E-state index in [4.69, 9.17) is 4.74 Å². The van der Waals surface area contributed by atoms with E-state index in [2.05, 4.69) is 0 Å². The monoisotopic (exact) mass is 550 g/mol. The number of sulfonamides is 1. The Hall–Kier alpha value is -3.72. The number of ether oxygens (including phenoxy) is 1. The molecule has 39 heavy (non-hydrogen) atoms. The third-order valence-corrected chi connectivity index (χ3v) is 8.83. The molecule has 8 nitrogen and oxygen atoms in total. The summed E-state index contributed by atoms with van der Waals surface area (Å²) >= 11 is 0. The van der Waals surface area contributed by atoms with E-state index in [0.29, 0.717) is 18.7 Å². The van der Waals surface area contributed by atoms with Crippen LogP contribution in [0.5, 0.6) is 0 Å². The molecule has 2 aliphatic rings. The van der Waals surface area contributed by atoms with Crippen LogP contribution in [0.25, 0.3) is 0 Å². The van der Waals surface area contributed by atoms with Crippen molar-refractivity contribution in [3.63, 3.8) is 0 Å². The molecule has 0 saturated carbocycles. The Kier molecular flexibility index (Phi) is 9.35. The van der Waals surface area contributed by atoms with E-state index >= 15 is 0 Å². The lowest BCUT2D eigenvalue weighted by Gasteiger charge is -2.38. The fourth-order valence-corrected chi connectivity index (χ4v) is 6.46. The van der Waals surface area contributed by atoms with Crippen LogP contribution in [0.1, 0.15) is 39.0 Å². The second kappa shape index (κ2) is 12.9. The van der Waals surface area contributed by atoms with Gasteiger partial charge in [-0.15, -0.1) is 0 Å². The predicted molar refractivity (Wildman–Crippen MR) is 148 cm³/mol. The van der Waals surface area contributed by atoms with Gasteiger partial charge in [-0.1, -0.05) is 67.6 Å². The summed E-state index contributed by atoms with van der Waals surface area (Å²) in [6.45, 7) is 2.27. The number of allylic oxidation sites excluding steroid dienone is 3. The first-order valence-electron chi connectivity index (χ1n) is 13.3. The Balaban J connectivity index is 1.52. The topological polar surface area (TPSA) is 101 Å². The van der Waals surface area contributed by atoms with Gasteiger partial charge in [0, 0.05) is 30.5 Å². The molecule has 9 heteroatoms. The van der Waals surface area contributed by atoms with Gasteiger partial charge in [-0.05, 0) is 49.9 Å². The SMILES string of the molecule is CC(CCC(=O)OCC1C=CC=CC1)C(=O)N(C1CCCN(c2ccccc2)C1=O)S(=O)(=O)c1ccccc1. The summed E-state index contributed by atoms with van der Waals surface area (Å²) in [6, 6.07) is 15.5. The van der Waals surface area contributed by atoms with Crippen LogP contribution in [0, 0.1) is 11.8 Å². The highest BCUT2D eigenvalue weighted by Gasteiger charge is 2.44. The lowest BCUT2D eigenvalue weighted by Crippen LogP contribution is -2.57. The standard InChI is InChI=1S/C30H34N2O6S/c1-23(19-20-28(33)38-22-24-12-5-2-6-13-24)29(34)32(39(36,37)26-16-9-4-10-17-26)27-18-11-21-31(30(27)35)25-14-7-3-8-15-25/h2-10,12,14-17,23-24,27H,11,13,18-22H2,1H3. The van der Waals surface area contributed by atoms with Crippen molar-refractivity contribution in [3.05, 3.63) is 85.0 Å². The quantitative estimate of drug-likeness (QED) is 0.404. The number of carbonyl (C=O) groups is 3. The molecule has 3 unspecified atom stereocenters. The minimum absolute atomic E-state index is 0.0346. The van der Waals surface area contributed by atoms with Crippen LogP contribution in [0.4, 0.5) is 5.69 Å². The number of nitrogens with zero attached hydrogens (tertiary/aromatic N) is 2. The zero-order valence-corrected chi connectivity index (χ0v) is 22.8. The fourth-order valence-electron chi connectivity index (χ4n) is 4.79. The molecule has 0 aromatic heterocycles. The Bertz CT molecular complexity index is 1320. The summed E-state index contributed by atoms with van der Waals surface area (Å²) in [4.78, 5) is 41.3. The summed E-state index contributed by atoms with van der Waals surface area (Å²) < 4.78 is 33.8. The Labute approximate surface area is 230 Å². The molecule has 2 aromatic rings. The van der Waals surface area contributed by atoms with Crippen molar-refractivity contribution in [1.82, 2.24) is 4.31 Å². The molecule has 0 N–H and O–H groups in total. The van der Waals surface area contributed by atoms with E-state index in [-0.39, 0.29) is 36.7 Å². The summed E-state index contributed by atoms with van der Waals surface area (Å²) in [5.41, 5.74) is 0.649.